The Bertz CT molecular complexity index is 416. The third-order valence-corrected chi connectivity index (χ3v) is 4.35. The number of nitrogens with zero attached hydrogens (tertiary/aromatic N) is 2. The molecule has 0 rings (SSSR count). The van der Waals surface area contributed by atoms with Crippen molar-refractivity contribution in [3.05, 3.63) is 0 Å². The molecular weight excluding hydrogens is 316 g/mol. The fraction of sp³-hybridized carbons (Fsp3) is 0.850. The summed E-state index contributed by atoms with van der Waals surface area (Å²) in [5, 5.41) is 8.84. The summed E-state index contributed by atoms with van der Waals surface area (Å²) in [7, 11) is 1.35. The second-order valence-corrected chi connectivity index (χ2v) is 7.07. The van der Waals surface area contributed by atoms with Crippen molar-refractivity contribution >= 4 is 11.9 Å². The summed E-state index contributed by atoms with van der Waals surface area (Å²) in [5.41, 5.74) is 0. The minimum atomic E-state index is -0.588. The third kappa shape index (κ3) is 10.8. The van der Waals surface area contributed by atoms with Crippen LogP contribution in [0.25, 0.3) is 0 Å². The average molecular weight is 353 g/mol. The largest absolute Gasteiger partial charge is 0.467 e. The van der Waals surface area contributed by atoms with E-state index < -0.39 is 6.04 Å². The van der Waals surface area contributed by atoms with Gasteiger partial charge in [0.15, 0.2) is 0 Å². The van der Waals surface area contributed by atoms with Gasteiger partial charge in [0, 0.05) is 6.54 Å². The van der Waals surface area contributed by atoms with E-state index in [0.717, 1.165) is 19.3 Å². The van der Waals surface area contributed by atoms with Gasteiger partial charge in [-0.1, -0.05) is 65.7 Å². The van der Waals surface area contributed by atoms with E-state index in [0.29, 0.717) is 13.0 Å². The number of rotatable bonds is 14. The molecule has 5 heteroatoms. The molecule has 0 saturated carbocycles. The van der Waals surface area contributed by atoms with Crippen molar-refractivity contribution in [3.8, 4) is 6.07 Å². The Morgan fingerprint density at radius 2 is 1.60 bits per heavy atom. The molecule has 25 heavy (non-hydrogen) atoms. The number of methoxy groups -OCH3 is 1. The predicted octanol–water partition coefficient (Wildman–Crippen LogP) is 4.46. The Labute approximate surface area is 153 Å². The van der Waals surface area contributed by atoms with Gasteiger partial charge < -0.3 is 9.64 Å². The summed E-state index contributed by atoms with van der Waals surface area (Å²) in [5.74, 6) is -0.402. The fourth-order valence-corrected chi connectivity index (χ4v) is 2.97. The molecule has 0 bridgehead atoms. The van der Waals surface area contributed by atoms with E-state index in [2.05, 4.69) is 6.92 Å². The van der Waals surface area contributed by atoms with Crippen LogP contribution in [-0.4, -0.2) is 36.5 Å². The number of hydrogen-bond acceptors (Lipinski definition) is 4. The highest BCUT2D eigenvalue weighted by molar-refractivity contribution is 5.85. The van der Waals surface area contributed by atoms with Crippen LogP contribution >= 0.6 is 0 Å². The molecule has 1 atom stereocenters. The second-order valence-electron chi connectivity index (χ2n) is 7.07. The van der Waals surface area contributed by atoms with E-state index in [9.17, 15) is 9.59 Å². The van der Waals surface area contributed by atoms with Gasteiger partial charge in [0.25, 0.3) is 0 Å². The van der Waals surface area contributed by atoms with Crippen molar-refractivity contribution in [2.75, 3.05) is 13.7 Å². The van der Waals surface area contributed by atoms with E-state index in [1.54, 1.807) is 4.90 Å². The summed E-state index contributed by atoms with van der Waals surface area (Å²) in [6.07, 6.45) is 9.74. The maximum atomic E-state index is 12.3. The van der Waals surface area contributed by atoms with Crippen LogP contribution in [0.4, 0.5) is 0 Å². The number of ether oxygens (including phenoxy) is 1. The lowest BCUT2D eigenvalue weighted by Crippen LogP contribution is -2.46. The lowest BCUT2D eigenvalue weighted by Gasteiger charge is -2.30. The molecule has 0 radical (unpaired) electrons. The average Bonchev–Trinajstić information content (AvgIpc) is 2.58. The number of hydrogen-bond donors (Lipinski definition) is 0. The molecule has 0 aromatic carbocycles. The van der Waals surface area contributed by atoms with E-state index >= 15 is 0 Å². The Hall–Kier alpha value is -1.57. The SMILES string of the molecule is CCCCCCCCCCN(C(=O)CC#N)[C@@H](CC(C)C)C(=O)OC. The van der Waals surface area contributed by atoms with Gasteiger partial charge in [0.2, 0.25) is 5.91 Å². The first kappa shape index (κ1) is 23.4. The first-order chi connectivity index (χ1) is 12.0. The molecule has 0 aliphatic carbocycles. The highest BCUT2D eigenvalue weighted by atomic mass is 16.5. The smallest absolute Gasteiger partial charge is 0.328 e. The van der Waals surface area contributed by atoms with Crippen LogP contribution in [-0.2, 0) is 14.3 Å². The molecule has 144 valence electrons. The molecule has 0 saturated heterocycles. The number of nitriles is 1. The highest BCUT2D eigenvalue weighted by Gasteiger charge is 2.30. The quantitative estimate of drug-likeness (QED) is 0.342. The van der Waals surface area contributed by atoms with Crippen LogP contribution in [0.15, 0.2) is 0 Å². The number of carbonyl (C=O) groups is 2. The summed E-state index contributed by atoms with van der Waals surface area (Å²) in [6, 6.07) is 1.31. The van der Waals surface area contributed by atoms with Gasteiger partial charge >= 0.3 is 5.97 Å². The van der Waals surface area contributed by atoms with E-state index in [1.807, 2.05) is 19.9 Å². The zero-order valence-corrected chi connectivity index (χ0v) is 16.6. The van der Waals surface area contributed by atoms with Crippen LogP contribution in [0.1, 0.15) is 85.0 Å². The van der Waals surface area contributed by atoms with Crippen LogP contribution in [0.3, 0.4) is 0 Å². The fourth-order valence-electron chi connectivity index (χ4n) is 2.97. The van der Waals surface area contributed by atoms with Gasteiger partial charge in [-0.25, -0.2) is 4.79 Å². The number of carbonyl (C=O) groups excluding carboxylic acids is 2. The van der Waals surface area contributed by atoms with Crippen molar-refractivity contribution in [3.63, 3.8) is 0 Å². The minimum Gasteiger partial charge on any atom is -0.467 e. The molecular formula is C20H36N2O3. The molecule has 1 amide bonds. The number of unbranched alkanes of at least 4 members (excludes halogenated alkanes) is 7. The molecule has 0 aliphatic rings. The molecule has 0 heterocycles. The summed E-state index contributed by atoms with van der Waals surface area (Å²) >= 11 is 0. The van der Waals surface area contributed by atoms with E-state index in [1.165, 1.54) is 39.2 Å². The predicted molar refractivity (Wildman–Crippen MR) is 99.8 cm³/mol. The molecule has 0 aliphatic heterocycles. The van der Waals surface area contributed by atoms with Gasteiger partial charge in [0.05, 0.1) is 13.2 Å². The van der Waals surface area contributed by atoms with Crippen LogP contribution in [0.2, 0.25) is 0 Å². The zero-order chi connectivity index (χ0) is 19.1. The molecule has 0 aromatic heterocycles. The standard InChI is InChI=1S/C20H36N2O3/c1-5-6-7-8-9-10-11-12-15-22(19(23)13-14-21)18(16-17(2)3)20(24)25-4/h17-18H,5-13,15-16H2,1-4H3/t18-/m0/s1. The lowest BCUT2D eigenvalue weighted by molar-refractivity contribution is -0.153. The first-order valence-corrected chi connectivity index (χ1v) is 9.72. The topological polar surface area (TPSA) is 70.4 Å². The summed E-state index contributed by atoms with van der Waals surface area (Å²) in [6.45, 7) is 6.75. The Kier molecular flexibility index (Phi) is 13.8. The molecule has 0 unspecified atom stereocenters. The van der Waals surface area contributed by atoms with Crippen molar-refractivity contribution in [2.45, 2.75) is 91.0 Å². The van der Waals surface area contributed by atoms with Crippen molar-refractivity contribution in [1.82, 2.24) is 4.90 Å². The molecule has 0 N–H and O–H groups in total. The van der Waals surface area contributed by atoms with E-state index in [-0.39, 0.29) is 24.2 Å². The van der Waals surface area contributed by atoms with E-state index in [4.69, 9.17) is 10.00 Å². The van der Waals surface area contributed by atoms with Gasteiger partial charge in [-0.3, -0.25) is 4.79 Å². The highest BCUT2D eigenvalue weighted by Crippen LogP contribution is 2.17. The minimum absolute atomic E-state index is 0.192. The van der Waals surface area contributed by atoms with Gasteiger partial charge in [-0.2, -0.15) is 5.26 Å². The molecule has 0 aromatic rings. The zero-order valence-electron chi connectivity index (χ0n) is 16.6. The first-order valence-electron chi connectivity index (χ1n) is 9.72. The number of esters is 1. The Morgan fingerprint density at radius 3 is 2.08 bits per heavy atom. The maximum absolute atomic E-state index is 12.3. The molecule has 5 nitrogen and oxygen atoms in total. The summed E-state index contributed by atoms with van der Waals surface area (Å²) in [4.78, 5) is 26.0. The van der Waals surface area contributed by atoms with Crippen molar-refractivity contribution < 1.29 is 14.3 Å². The monoisotopic (exact) mass is 352 g/mol. The third-order valence-electron chi connectivity index (χ3n) is 4.35. The van der Waals surface area contributed by atoms with Crippen molar-refractivity contribution in [2.24, 2.45) is 5.92 Å². The van der Waals surface area contributed by atoms with Gasteiger partial charge in [-0.05, 0) is 18.8 Å². The molecule has 0 spiro atoms. The van der Waals surface area contributed by atoms with Gasteiger partial charge in [0.1, 0.15) is 12.5 Å². The molecule has 0 fully saturated rings. The second kappa shape index (κ2) is 14.7. The maximum Gasteiger partial charge on any atom is 0.328 e. The van der Waals surface area contributed by atoms with Crippen LogP contribution < -0.4 is 0 Å². The Balaban J connectivity index is 4.57. The van der Waals surface area contributed by atoms with Gasteiger partial charge in [-0.15, -0.1) is 0 Å². The van der Waals surface area contributed by atoms with Crippen molar-refractivity contribution in [1.29, 1.82) is 5.26 Å². The summed E-state index contributed by atoms with van der Waals surface area (Å²) < 4.78 is 4.89. The normalized spacial score (nSPS) is 11.8. The number of amides is 1. The van der Waals surface area contributed by atoms with Crippen LogP contribution in [0, 0.1) is 17.2 Å². The Morgan fingerprint density at radius 1 is 1.04 bits per heavy atom. The van der Waals surface area contributed by atoms with Crippen LogP contribution in [0.5, 0.6) is 0 Å². The lowest BCUT2D eigenvalue weighted by atomic mass is 10.0.